The van der Waals surface area contributed by atoms with Gasteiger partial charge in [-0.1, -0.05) is 35.3 Å². The van der Waals surface area contributed by atoms with E-state index in [1.807, 2.05) is 43.3 Å². The molecule has 8 heteroatoms. The third-order valence-corrected chi connectivity index (χ3v) is 4.38. The fourth-order valence-corrected chi connectivity index (χ4v) is 2.74. The zero-order valence-electron chi connectivity index (χ0n) is 14.7. The van der Waals surface area contributed by atoms with E-state index in [1.165, 1.54) is 0 Å². The van der Waals surface area contributed by atoms with Gasteiger partial charge in [-0.2, -0.15) is 10.2 Å². The van der Waals surface area contributed by atoms with Crippen LogP contribution in [-0.2, 0) is 0 Å². The van der Waals surface area contributed by atoms with Crippen LogP contribution < -0.4 is 10.3 Å². The first-order chi connectivity index (χ1) is 12.9. The van der Waals surface area contributed by atoms with E-state index < -0.39 is 5.91 Å². The molecule has 6 nitrogen and oxygen atoms in total. The summed E-state index contributed by atoms with van der Waals surface area (Å²) < 4.78 is 0. The Morgan fingerprint density at radius 3 is 2.59 bits per heavy atom. The number of H-pyrrole nitrogens is 1. The van der Waals surface area contributed by atoms with Crippen molar-refractivity contribution in [3.63, 3.8) is 0 Å². The number of hydrogen-bond acceptors (Lipinski definition) is 4. The predicted octanol–water partition coefficient (Wildman–Crippen LogP) is 4.21. The number of hydrogen-bond donors (Lipinski definition) is 2. The molecular weight excluding hydrogens is 385 g/mol. The Balaban J connectivity index is 1.66. The van der Waals surface area contributed by atoms with E-state index in [2.05, 4.69) is 20.7 Å². The highest BCUT2D eigenvalue weighted by Gasteiger charge is 2.13. The Morgan fingerprint density at radius 2 is 1.89 bits per heavy atom. The molecule has 0 atom stereocenters. The summed E-state index contributed by atoms with van der Waals surface area (Å²) in [5.74, 6) is -0.409. The molecule has 0 fully saturated rings. The van der Waals surface area contributed by atoms with E-state index in [4.69, 9.17) is 23.2 Å². The van der Waals surface area contributed by atoms with Gasteiger partial charge in [0.2, 0.25) is 0 Å². The van der Waals surface area contributed by atoms with Crippen molar-refractivity contribution in [2.45, 2.75) is 0 Å². The maximum absolute atomic E-state index is 12.2. The molecule has 27 heavy (non-hydrogen) atoms. The standard InChI is InChI=1S/C19H17Cl2N5O/c1-26(2)14-6-3-12(4-7-14)11-22-25-19(27)18-10-17(23-24-18)15-9-13(20)5-8-16(15)21/h3-11H,1-2H3,(H,23,24)(H,25,27)/b22-11+. The molecule has 0 aliphatic rings. The normalized spacial score (nSPS) is 11.0. The monoisotopic (exact) mass is 401 g/mol. The van der Waals surface area contributed by atoms with Gasteiger partial charge in [0.05, 0.1) is 16.9 Å². The lowest BCUT2D eigenvalue weighted by molar-refractivity contribution is 0.0950. The van der Waals surface area contributed by atoms with E-state index in [-0.39, 0.29) is 5.69 Å². The van der Waals surface area contributed by atoms with E-state index >= 15 is 0 Å². The van der Waals surface area contributed by atoms with Crippen molar-refractivity contribution >= 4 is 41.0 Å². The molecule has 0 saturated carbocycles. The van der Waals surface area contributed by atoms with Crippen LogP contribution >= 0.6 is 23.2 Å². The fraction of sp³-hybridized carbons (Fsp3) is 0.105. The second-order valence-electron chi connectivity index (χ2n) is 5.98. The van der Waals surface area contributed by atoms with Crippen LogP contribution in [0.4, 0.5) is 5.69 Å². The molecule has 2 aromatic carbocycles. The van der Waals surface area contributed by atoms with Gasteiger partial charge in [0.15, 0.2) is 0 Å². The van der Waals surface area contributed by atoms with Gasteiger partial charge >= 0.3 is 0 Å². The summed E-state index contributed by atoms with van der Waals surface area (Å²) in [6.45, 7) is 0. The molecule has 0 aliphatic carbocycles. The SMILES string of the molecule is CN(C)c1ccc(/C=N/NC(=O)c2cc(-c3cc(Cl)ccc3Cl)n[nH]2)cc1. The average molecular weight is 402 g/mol. The van der Waals surface area contributed by atoms with Gasteiger partial charge in [0, 0.05) is 30.4 Å². The molecule has 1 heterocycles. The maximum Gasteiger partial charge on any atom is 0.289 e. The first-order valence-corrected chi connectivity index (χ1v) is 8.81. The van der Waals surface area contributed by atoms with Crippen molar-refractivity contribution in [2.75, 3.05) is 19.0 Å². The largest absolute Gasteiger partial charge is 0.378 e. The Labute approximate surface area is 166 Å². The molecule has 2 N–H and O–H groups in total. The lowest BCUT2D eigenvalue weighted by atomic mass is 10.1. The lowest BCUT2D eigenvalue weighted by Gasteiger charge is -2.11. The molecular formula is C19H17Cl2N5O. The van der Waals surface area contributed by atoms with Crippen molar-refractivity contribution < 1.29 is 4.79 Å². The Hall–Kier alpha value is -2.83. The number of aromatic nitrogens is 2. The van der Waals surface area contributed by atoms with Gasteiger partial charge in [-0.05, 0) is 42.0 Å². The van der Waals surface area contributed by atoms with Gasteiger partial charge < -0.3 is 4.90 Å². The first-order valence-electron chi connectivity index (χ1n) is 8.05. The summed E-state index contributed by atoms with van der Waals surface area (Å²) in [5.41, 5.74) is 5.85. The second-order valence-corrected chi connectivity index (χ2v) is 6.82. The number of nitrogens with zero attached hydrogens (tertiary/aromatic N) is 3. The number of benzene rings is 2. The van der Waals surface area contributed by atoms with Crippen LogP contribution in [0, 0.1) is 0 Å². The molecule has 3 rings (SSSR count). The summed E-state index contributed by atoms with van der Waals surface area (Å²) >= 11 is 12.2. The molecule has 1 amide bonds. The van der Waals surface area contributed by atoms with Gasteiger partial charge in [-0.3, -0.25) is 9.89 Å². The van der Waals surface area contributed by atoms with Crippen LogP contribution in [0.15, 0.2) is 53.6 Å². The Morgan fingerprint density at radius 1 is 1.15 bits per heavy atom. The quantitative estimate of drug-likeness (QED) is 0.496. The summed E-state index contributed by atoms with van der Waals surface area (Å²) in [6, 6.07) is 14.4. The van der Waals surface area contributed by atoms with Crippen molar-refractivity contribution in [1.29, 1.82) is 0 Å². The molecule has 138 valence electrons. The number of amides is 1. The zero-order chi connectivity index (χ0) is 19.4. The smallest absolute Gasteiger partial charge is 0.289 e. The van der Waals surface area contributed by atoms with Crippen molar-refractivity contribution in [2.24, 2.45) is 5.10 Å². The van der Waals surface area contributed by atoms with Crippen LogP contribution in [0.25, 0.3) is 11.3 Å². The highest BCUT2D eigenvalue weighted by Crippen LogP contribution is 2.29. The second kappa shape index (κ2) is 8.24. The minimum absolute atomic E-state index is 0.265. The third kappa shape index (κ3) is 4.67. The zero-order valence-corrected chi connectivity index (χ0v) is 16.2. The van der Waals surface area contributed by atoms with Crippen LogP contribution in [0.5, 0.6) is 0 Å². The minimum Gasteiger partial charge on any atom is -0.378 e. The van der Waals surface area contributed by atoms with Crippen LogP contribution in [0.2, 0.25) is 10.0 Å². The number of hydrazone groups is 1. The molecule has 1 aromatic heterocycles. The first kappa shape index (κ1) is 18.9. The number of anilines is 1. The maximum atomic E-state index is 12.2. The average Bonchev–Trinajstić information content (AvgIpc) is 3.14. The number of nitrogens with one attached hydrogen (secondary N) is 2. The molecule has 0 unspecified atom stereocenters. The lowest BCUT2D eigenvalue weighted by Crippen LogP contribution is -2.18. The molecule has 0 aliphatic heterocycles. The number of carbonyl (C=O) groups excluding carboxylic acids is 1. The van der Waals surface area contributed by atoms with E-state index in [9.17, 15) is 4.79 Å². The molecule has 0 spiro atoms. The third-order valence-electron chi connectivity index (χ3n) is 3.82. The van der Waals surface area contributed by atoms with Crippen LogP contribution in [0.3, 0.4) is 0 Å². The van der Waals surface area contributed by atoms with Gasteiger partial charge in [0.1, 0.15) is 5.69 Å². The summed E-state index contributed by atoms with van der Waals surface area (Å²) in [7, 11) is 3.94. The van der Waals surface area contributed by atoms with Crippen molar-refractivity contribution in [1.82, 2.24) is 15.6 Å². The fourth-order valence-electron chi connectivity index (χ4n) is 2.35. The van der Waals surface area contributed by atoms with E-state index in [0.29, 0.717) is 21.3 Å². The summed E-state index contributed by atoms with van der Waals surface area (Å²) in [6.07, 6.45) is 1.57. The molecule has 0 saturated heterocycles. The predicted molar refractivity (Wildman–Crippen MR) is 110 cm³/mol. The topological polar surface area (TPSA) is 73.4 Å². The summed E-state index contributed by atoms with van der Waals surface area (Å²) in [4.78, 5) is 14.2. The van der Waals surface area contributed by atoms with Crippen LogP contribution in [-0.4, -0.2) is 36.4 Å². The van der Waals surface area contributed by atoms with Crippen molar-refractivity contribution in [3.05, 3.63) is 69.8 Å². The number of carbonyl (C=O) groups is 1. The van der Waals surface area contributed by atoms with E-state index in [1.54, 1.807) is 30.5 Å². The van der Waals surface area contributed by atoms with Gasteiger partial charge in [0.25, 0.3) is 5.91 Å². The highest BCUT2D eigenvalue weighted by molar-refractivity contribution is 6.35. The van der Waals surface area contributed by atoms with Crippen molar-refractivity contribution in [3.8, 4) is 11.3 Å². The number of aromatic amines is 1. The number of halogens is 2. The number of rotatable bonds is 5. The summed E-state index contributed by atoms with van der Waals surface area (Å²) in [5, 5.41) is 11.8. The van der Waals surface area contributed by atoms with Crippen LogP contribution in [0.1, 0.15) is 16.1 Å². The molecule has 3 aromatic rings. The Kier molecular flexibility index (Phi) is 5.78. The van der Waals surface area contributed by atoms with Gasteiger partial charge in [-0.15, -0.1) is 0 Å². The molecule has 0 bridgehead atoms. The highest BCUT2D eigenvalue weighted by atomic mass is 35.5. The van der Waals surface area contributed by atoms with E-state index in [0.717, 1.165) is 11.3 Å². The Bertz CT molecular complexity index is 980. The molecule has 0 radical (unpaired) electrons. The minimum atomic E-state index is -0.409. The van der Waals surface area contributed by atoms with Gasteiger partial charge in [-0.25, -0.2) is 5.43 Å².